The summed E-state index contributed by atoms with van der Waals surface area (Å²) in [6.45, 7) is 3.70. The van der Waals surface area contributed by atoms with Crippen molar-refractivity contribution in [1.29, 1.82) is 0 Å². The van der Waals surface area contributed by atoms with E-state index in [2.05, 4.69) is 4.98 Å². The van der Waals surface area contributed by atoms with Gasteiger partial charge in [0.15, 0.2) is 0 Å². The van der Waals surface area contributed by atoms with Crippen LogP contribution in [0.4, 0.5) is 5.82 Å². The van der Waals surface area contributed by atoms with Gasteiger partial charge in [-0.1, -0.05) is 11.6 Å². The number of rotatable bonds is 2. The number of carbonyl (C=O) groups excluding carboxylic acids is 1. The molecule has 112 valence electrons. The summed E-state index contributed by atoms with van der Waals surface area (Å²) >= 11 is 6.30. The van der Waals surface area contributed by atoms with Gasteiger partial charge in [0.05, 0.1) is 23.3 Å². The van der Waals surface area contributed by atoms with Gasteiger partial charge in [0.1, 0.15) is 12.1 Å². The largest absolute Gasteiger partial charge is 0.346 e. The molecule has 3 heterocycles. The molecule has 1 saturated heterocycles. The van der Waals surface area contributed by atoms with Crippen LogP contribution in [0.1, 0.15) is 18.5 Å². The molecule has 1 atom stereocenters. The van der Waals surface area contributed by atoms with Gasteiger partial charge in [-0.3, -0.25) is 9.20 Å². The van der Waals surface area contributed by atoms with E-state index in [4.69, 9.17) is 17.3 Å². The van der Waals surface area contributed by atoms with E-state index in [-0.39, 0.29) is 11.9 Å². The highest BCUT2D eigenvalue weighted by Gasteiger charge is 2.26. The molecular formula is C14H18ClN5O. The van der Waals surface area contributed by atoms with Crippen molar-refractivity contribution in [1.82, 2.24) is 14.3 Å². The normalized spacial score (nSPS) is 17.6. The van der Waals surface area contributed by atoms with Crippen molar-refractivity contribution < 1.29 is 4.79 Å². The molecule has 6 nitrogen and oxygen atoms in total. The summed E-state index contributed by atoms with van der Waals surface area (Å²) in [6, 6.07) is 1.69. The van der Waals surface area contributed by atoms with Crippen molar-refractivity contribution in [2.75, 3.05) is 31.6 Å². The van der Waals surface area contributed by atoms with Gasteiger partial charge in [0.2, 0.25) is 5.91 Å². The van der Waals surface area contributed by atoms with Gasteiger partial charge in [0.25, 0.3) is 0 Å². The van der Waals surface area contributed by atoms with E-state index in [1.807, 2.05) is 29.3 Å². The van der Waals surface area contributed by atoms with Crippen LogP contribution >= 0.6 is 11.6 Å². The third kappa shape index (κ3) is 2.34. The lowest BCUT2D eigenvalue weighted by Crippen LogP contribution is -2.49. The van der Waals surface area contributed by atoms with E-state index in [9.17, 15) is 4.79 Å². The maximum absolute atomic E-state index is 12.0. The minimum Gasteiger partial charge on any atom is -0.346 e. The van der Waals surface area contributed by atoms with Gasteiger partial charge < -0.3 is 15.5 Å². The first kappa shape index (κ1) is 14.2. The van der Waals surface area contributed by atoms with E-state index < -0.39 is 0 Å². The first-order chi connectivity index (χ1) is 9.99. The maximum atomic E-state index is 12.0. The third-order valence-electron chi connectivity index (χ3n) is 3.90. The molecule has 0 bridgehead atoms. The number of likely N-dealkylation sites (N-methyl/N-ethyl adjacent to an activating group) is 1. The second-order valence-electron chi connectivity index (χ2n) is 5.45. The molecule has 3 rings (SSSR count). The number of anilines is 1. The number of carbonyl (C=O) groups is 1. The van der Waals surface area contributed by atoms with Gasteiger partial charge in [-0.05, 0) is 13.0 Å². The summed E-state index contributed by atoms with van der Waals surface area (Å²) in [5, 5.41) is 0.615. The Bertz CT molecular complexity index is 696. The molecule has 2 N–H and O–H groups in total. The Morgan fingerprint density at radius 2 is 2.19 bits per heavy atom. The van der Waals surface area contributed by atoms with Crippen LogP contribution in [0.5, 0.6) is 0 Å². The summed E-state index contributed by atoms with van der Waals surface area (Å²) in [5.41, 5.74) is 7.84. The fourth-order valence-corrected chi connectivity index (χ4v) is 2.92. The van der Waals surface area contributed by atoms with Crippen LogP contribution in [0.25, 0.3) is 5.52 Å². The Morgan fingerprint density at radius 3 is 2.86 bits per heavy atom. The third-order valence-corrected chi connectivity index (χ3v) is 4.20. The zero-order valence-corrected chi connectivity index (χ0v) is 12.8. The van der Waals surface area contributed by atoms with Crippen molar-refractivity contribution in [3.8, 4) is 0 Å². The minimum atomic E-state index is -0.181. The Kier molecular flexibility index (Phi) is 3.51. The first-order valence-corrected chi connectivity index (χ1v) is 7.25. The highest BCUT2D eigenvalue weighted by molar-refractivity contribution is 6.34. The van der Waals surface area contributed by atoms with Crippen LogP contribution < -0.4 is 10.6 Å². The van der Waals surface area contributed by atoms with Gasteiger partial charge in [-0.25, -0.2) is 4.98 Å². The van der Waals surface area contributed by atoms with Crippen LogP contribution in [0.2, 0.25) is 5.02 Å². The number of hydrogen-bond donors (Lipinski definition) is 1. The van der Waals surface area contributed by atoms with Crippen LogP contribution in [0.3, 0.4) is 0 Å². The van der Waals surface area contributed by atoms with Crippen molar-refractivity contribution in [2.24, 2.45) is 5.73 Å². The van der Waals surface area contributed by atoms with E-state index in [1.54, 1.807) is 17.4 Å². The smallest absolute Gasteiger partial charge is 0.241 e. The first-order valence-electron chi connectivity index (χ1n) is 6.88. The summed E-state index contributed by atoms with van der Waals surface area (Å²) in [5.74, 6) is 1.00. The SMILES string of the molecule is CC(N)c1cc(Cl)c2cncn2c1N1CCN(C)C(=O)C1. The van der Waals surface area contributed by atoms with Crippen molar-refractivity contribution in [2.45, 2.75) is 13.0 Å². The van der Waals surface area contributed by atoms with E-state index in [0.29, 0.717) is 18.1 Å². The molecule has 0 aliphatic carbocycles. The number of halogens is 1. The van der Waals surface area contributed by atoms with Crippen LogP contribution in [0.15, 0.2) is 18.6 Å². The summed E-state index contributed by atoms with van der Waals surface area (Å²) < 4.78 is 1.92. The fraction of sp³-hybridized carbons (Fsp3) is 0.429. The van der Waals surface area contributed by atoms with E-state index >= 15 is 0 Å². The average Bonchev–Trinajstić information content (AvgIpc) is 2.91. The summed E-state index contributed by atoms with van der Waals surface area (Å²) in [7, 11) is 1.82. The zero-order valence-electron chi connectivity index (χ0n) is 12.1. The van der Waals surface area contributed by atoms with E-state index in [0.717, 1.165) is 23.4 Å². The number of piperazine rings is 1. The number of pyridine rings is 1. The number of fused-ring (bicyclic) bond motifs is 1. The van der Waals surface area contributed by atoms with Gasteiger partial charge in [-0.2, -0.15) is 0 Å². The highest BCUT2D eigenvalue weighted by atomic mass is 35.5. The predicted octanol–water partition coefficient (Wildman–Crippen LogP) is 1.29. The molecule has 1 aliphatic heterocycles. The van der Waals surface area contributed by atoms with Crippen LogP contribution in [0, 0.1) is 0 Å². The van der Waals surface area contributed by atoms with Gasteiger partial charge >= 0.3 is 0 Å². The zero-order chi connectivity index (χ0) is 15.1. The average molecular weight is 308 g/mol. The predicted molar refractivity (Wildman–Crippen MR) is 82.7 cm³/mol. The molecule has 0 spiro atoms. The molecule has 1 aliphatic rings. The number of amides is 1. The Morgan fingerprint density at radius 1 is 1.43 bits per heavy atom. The number of aromatic nitrogens is 2. The standard InChI is InChI=1S/C14H18ClN5O/c1-9(16)10-5-11(15)12-6-17-8-20(12)14(10)19-4-3-18(2)13(21)7-19/h5-6,8-9H,3-4,7,16H2,1-2H3. The van der Waals surface area contributed by atoms with Crippen molar-refractivity contribution in [3.05, 3.63) is 29.2 Å². The molecule has 7 heteroatoms. The fourth-order valence-electron chi connectivity index (χ4n) is 2.66. The molecule has 0 radical (unpaired) electrons. The summed E-state index contributed by atoms with van der Waals surface area (Å²) in [4.78, 5) is 20.0. The lowest BCUT2D eigenvalue weighted by atomic mass is 10.1. The maximum Gasteiger partial charge on any atom is 0.241 e. The molecule has 0 aromatic carbocycles. The summed E-state index contributed by atoms with van der Waals surface area (Å²) in [6.07, 6.45) is 3.43. The number of imidazole rings is 1. The Labute approximate surface area is 128 Å². The lowest BCUT2D eigenvalue weighted by molar-refractivity contribution is -0.129. The molecule has 2 aromatic rings. The minimum absolute atomic E-state index is 0.0973. The second-order valence-corrected chi connectivity index (χ2v) is 5.85. The monoisotopic (exact) mass is 307 g/mol. The molecular weight excluding hydrogens is 290 g/mol. The lowest BCUT2D eigenvalue weighted by Gasteiger charge is -2.35. The number of nitrogens with two attached hydrogens (primary N) is 1. The molecule has 2 aromatic heterocycles. The van der Waals surface area contributed by atoms with Gasteiger partial charge in [-0.15, -0.1) is 0 Å². The second kappa shape index (κ2) is 5.20. The molecule has 1 unspecified atom stereocenters. The van der Waals surface area contributed by atoms with Crippen molar-refractivity contribution >= 4 is 28.8 Å². The highest BCUT2D eigenvalue weighted by Crippen LogP contribution is 2.32. The van der Waals surface area contributed by atoms with Crippen molar-refractivity contribution in [3.63, 3.8) is 0 Å². The molecule has 0 saturated carbocycles. The number of hydrogen-bond acceptors (Lipinski definition) is 4. The van der Waals surface area contributed by atoms with Gasteiger partial charge in [0, 0.05) is 31.7 Å². The Hall–Kier alpha value is -1.79. The van der Waals surface area contributed by atoms with Crippen LogP contribution in [-0.4, -0.2) is 46.9 Å². The molecule has 1 fully saturated rings. The van der Waals surface area contributed by atoms with E-state index in [1.165, 1.54) is 0 Å². The van der Waals surface area contributed by atoms with Crippen LogP contribution in [-0.2, 0) is 4.79 Å². The molecule has 21 heavy (non-hydrogen) atoms. The topological polar surface area (TPSA) is 66.9 Å². The number of nitrogens with zero attached hydrogens (tertiary/aromatic N) is 4. The Balaban J connectivity index is 2.16. The molecule has 1 amide bonds. The quantitative estimate of drug-likeness (QED) is 0.908.